The molecule has 1 fully saturated rings. The van der Waals surface area contributed by atoms with E-state index in [1.54, 1.807) is 24.3 Å². The van der Waals surface area contributed by atoms with E-state index in [-0.39, 0.29) is 17.6 Å². The molecule has 0 saturated carbocycles. The van der Waals surface area contributed by atoms with Crippen molar-refractivity contribution in [2.45, 2.75) is 0 Å². The molecule has 1 saturated heterocycles. The zero-order valence-electron chi connectivity index (χ0n) is 19.0. The van der Waals surface area contributed by atoms with Crippen LogP contribution in [0.2, 0.25) is 5.02 Å². The Bertz CT molecular complexity index is 1340. The van der Waals surface area contributed by atoms with E-state index in [9.17, 15) is 9.59 Å². The van der Waals surface area contributed by atoms with E-state index in [0.717, 1.165) is 11.3 Å². The van der Waals surface area contributed by atoms with Crippen LogP contribution in [0.3, 0.4) is 0 Å². The van der Waals surface area contributed by atoms with E-state index in [0.29, 0.717) is 48.2 Å². The standard InChI is InChI=1S/C28H24ClN3O3/c29-22-10-6-9-21(19-22)25-13-14-26(35-25)27(33)30-23-11-4-5-12-24(23)31-15-17-32(18-16-31)28(34)20-7-2-1-3-8-20/h1-14,19H,15-18H2,(H,30,33). The van der Waals surface area contributed by atoms with Crippen molar-refractivity contribution < 1.29 is 14.0 Å². The van der Waals surface area contributed by atoms with E-state index in [1.807, 2.05) is 71.6 Å². The topological polar surface area (TPSA) is 65.8 Å². The van der Waals surface area contributed by atoms with Gasteiger partial charge in [-0.1, -0.05) is 54.1 Å². The average Bonchev–Trinajstić information content (AvgIpc) is 3.40. The lowest BCUT2D eigenvalue weighted by Gasteiger charge is -2.37. The molecule has 176 valence electrons. The molecule has 2 heterocycles. The molecule has 1 aromatic heterocycles. The second kappa shape index (κ2) is 10.1. The maximum absolute atomic E-state index is 13.0. The van der Waals surface area contributed by atoms with Gasteiger partial charge in [-0.2, -0.15) is 0 Å². The van der Waals surface area contributed by atoms with Gasteiger partial charge < -0.3 is 19.5 Å². The summed E-state index contributed by atoms with van der Waals surface area (Å²) in [4.78, 5) is 29.8. The third kappa shape index (κ3) is 5.08. The molecule has 1 N–H and O–H groups in total. The highest BCUT2D eigenvalue weighted by Crippen LogP contribution is 2.29. The number of furan rings is 1. The molecule has 7 heteroatoms. The summed E-state index contributed by atoms with van der Waals surface area (Å²) in [6.07, 6.45) is 0. The smallest absolute Gasteiger partial charge is 0.291 e. The van der Waals surface area contributed by atoms with Crippen molar-refractivity contribution in [1.29, 1.82) is 0 Å². The number of para-hydroxylation sites is 2. The number of amides is 2. The number of nitrogens with zero attached hydrogens (tertiary/aromatic N) is 2. The van der Waals surface area contributed by atoms with Crippen LogP contribution in [-0.4, -0.2) is 42.9 Å². The van der Waals surface area contributed by atoms with Crippen molar-refractivity contribution in [3.05, 3.63) is 107 Å². The van der Waals surface area contributed by atoms with E-state index in [2.05, 4.69) is 10.2 Å². The quantitative estimate of drug-likeness (QED) is 0.387. The first-order valence-corrected chi connectivity index (χ1v) is 11.8. The van der Waals surface area contributed by atoms with Gasteiger partial charge in [0.05, 0.1) is 11.4 Å². The summed E-state index contributed by atoms with van der Waals surface area (Å²) in [5.74, 6) is 0.502. The highest BCUT2D eigenvalue weighted by Gasteiger charge is 2.24. The number of carbonyl (C=O) groups excluding carboxylic acids is 2. The monoisotopic (exact) mass is 485 g/mol. The summed E-state index contributed by atoms with van der Waals surface area (Å²) in [6.45, 7) is 2.56. The second-order valence-corrected chi connectivity index (χ2v) is 8.73. The molecule has 6 nitrogen and oxygen atoms in total. The molecule has 0 unspecified atom stereocenters. The van der Waals surface area contributed by atoms with Gasteiger partial charge in [-0.05, 0) is 48.5 Å². The molecule has 5 rings (SSSR count). The molecule has 1 aliphatic rings. The second-order valence-electron chi connectivity index (χ2n) is 8.29. The zero-order valence-corrected chi connectivity index (χ0v) is 19.7. The Balaban J connectivity index is 1.26. The molecule has 0 spiro atoms. The number of piperazine rings is 1. The fourth-order valence-corrected chi connectivity index (χ4v) is 4.40. The maximum Gasteiger partial charge on any atom is 0.291 e. The van der Waals surface area contributed by atoms with Crippen LogP contribution in [0.4, 0.5) is 11.4 Å². The van der Waals surface area contributed by atoms with Gasteiger partial charge >= 0.3 is 0 Å². The van der Waals surface area contributed by atoms with Crippen LogP contribution >= 0.6 is 11.6 Å². The molecule has 1 aliphatic heterocycles. The number of nitrogens with one attached hydrogen (secondary N) is 1. The number of halogens is 1. The van der Waals surface area contributed by atoms with Crippen LogP contribution in [0.5, 0.6) is 0 Å². The highest BCUT2D eigenvalue weighted by molar-refractivity contribution is 6.30. The molecule has 0 radical (unpaired) electrons. The molecule has 35 heavy (non-hydrogen) atoms. The summed E-state index contributed by atoms with van der Waals surface area (Å²) in [5.41, 5.74) is 3.11. The Morgan fingerprint density at radius 2 is 1.54 bits per heavy atom. The number of rotatable bonds is 5. The lowest BCUT2D eigenvalue weighted by Crippen LogP contribution is -2.49. The fourth-order valence-electron chi connectivity index (χ4n) is 4.21. The zero-order chi connectivity index (χ0) is 24.2. The summed E-state index contributed by atoms with van der Waals surface area (Å²) in [7, 11) is 0. The SMILES string of the molecule is O=C(Nc1ccccc1N1CCN(C(=O)c2ccccc2)CC1)c1ccc(-c2cccc(Cl)c2)o1. The predicted molar refractivity (Wildman–Crippen MR) is 138 cm³/mol. The van der Waals surface area contributed by atoms with Gasteiger partial charge in [0.15, 0.2) is 5.76 Å². The van der Waals surface area contributed by atoms with E-state index in [1.165, 1.54) is 0 Å². The molecule has 0 aliphatic carbocycles. The molecule has 0 bridgehead atoms. The largest absolute Gasteiger partial charge is 0.451 e. The first kappa shape index (κ1) is 22.7. The van der Waals surface area contributed by atoms with Gasteiger partial charge in [0, 0.05) is 42.3 Å². The van der Waals surface area contributed by atoms with Gasteiger partial charge in [-0.3, -0.25) is 9.59 Å². The minimum atomic E-state index is -0.330. The molecule has 2 amide bonds. The molecule has 4 aromatic rings. The van der Waals surface area contributed by atoms with Crippen molar-refractivity contribution in [3.8, 4) is 11.3 Å². The van der Waals surface area contributed by atoms with Crippen LogP contribution in [0.25, 0.3) is 11.3 Å². The number of anilines is 2. The minimum absolute atomic E-state index is 0.0418. The highest BCUT2D eigenvalue weighted by atomic mass is 35.5. The van der Waals surface area contributed by atoms with Crippen LogP contribution in [0, 0.1) is 0 Å². The van der Waals surface area contributed by atoms with E-state index < -0.39 is 0 Å². The number of benzene rings is 3. The Labute approximate surface area is 208 Å². The van der Waals surface area contributed by atoms with Gasteiger partial charge in [-0.15, -0.1) is 0 Å². The number of carbonyl (C=O) groups is 2. The molecule has 0 atom stereocenters. The van der Waals surface area contributed by atoms with Crippen LogP contribution in [0.1, 0.15) is 20.9 Å². The van der Waals surface area contributed by atoms with E-state index in [4.69, 9.17) is 16.0 Å². The van der Waals surface area contributed by atoms with Gasteiger partial charge in [0.2, 0.25) is 0 Å². The van der Waals surface area contributed by atoms with Crippen LogP contribution in [-0.2, 0) is 0 Å². The molecular weight excluding hydrogens is 462 g/mol. The lowest BCUT2D eigenvalue weighted by molar-refractivity contribution is 0.0746. The predicted octanol–water partition coefficient (Wildman–Crippen LogP) is 5.81. The third-order valence-electron chi connectivity index (χ3n) is 6.02. The Hall–Kier alpha value is -4.03. The first-order valence-electron chi connectivity index (χ1n) is 11.4. The number of hydrogen-bond donors (Lipinski definition) is 1. The summed E-state index contributed by atoms with van der Waals surface area (Å²) < 4.78 is 5.80. The normalized spacial score (nSPS) is 13.5. The molecule has 3 aromatic carbocycles. The van der Waals surface area contributed by atoms with Gasteiger partial charge in [-0.25, -0.2) is 0 Å². The van der Waals surface area contributed by atoms with Crippen molar-refractivity contribution in [2.75, 3.05) is 36.4 Å². The lowest BCUT2D eigenvalue weighted by atomic mass is 10.1. The third-order valence-corrected chi connectivity index (χ3v) is 6.25. The van der Waals surface area contributed by atoms with E-state index >= 15 is 0 Å². The average molecular weight is 486 g/mol. The summed E-state index contributed by atoms with van der Waals surface area (Å²) >= 11 is 6.07. The van der Waals surface area contributed by atoms with Crippen LogP contribution in [0.15, 0.2) is 95.4 Å². The Morgan fingerprint density at radius 1 is 0.800 bits per heavy atom. The first-order chi connectivity index (χ1) is 17.1. The van der Waals surface area contributed by atoms with Crippen molar-refractivity contribution >= 4 is 34.8 Å². The van der Waals surface area contributed by atoms with Crippen molar-refractivity contribution in [2.24, 2.45) is 0 Å². The number of hydrogen-bond acceptors (Lipinski definition) is 4. The summed E-state index contributed by atoms with van der Waals surface area (Å²) in [6, 6.07) is 27.7. The van der Waals surface area contributed by atoms with Gasteiger partial charge in [0.25, 0.3) is 11.8 Å². The Kier molecular flexibility index (Phi) is 6.55. The van der Waals surface area contributed by atoms with Gasteiger partial charge in [0.1, 0.15) is 5.76 Å². The molecular formula is C28H24ClN3O3. The van der Waals surface area contributed by atoms with Crippen LogP contribution < -0.4 is 10.2 Å². The van der Waals surface area contributed by atoms with Crippen molar-refractivity contribution in [3.63, 3.8) is 0 Å². The van der Waals surface area contributed by atoms with Crippen molar-refractivity contribution in [1.82, 2.24) is 4.90 Å². The summed E-state index contributed by atoms with van der Waals surface area (Å²) in [5, 5.41) is 3.58. The maximum atomic E-state index is 13.0. The Morgan fingerprint density at radius 3 is 2.31 bits per heavy atom. The fraction of sp³-hybridized carbons (Fsp3) is 0.143. The minimum Gasteiger partial charge on any atom is -0.451 e.